The molecular weight excluding hydrogens is 322 g/mol. The first-order valence-corrected chi connectivity index (χ1v) is 9.22. The Labute approximate surface area is 146 Å². The molecule has 1 saturated heterocycles. The van der Waals surface area contributed by atoms with E-state index in [1.807, 2.05) is 38.2 Å². The van der Waals surface area contributed by atoms with Gasteiger partial charge in [-0.15, -0.1) is 11.8 Å². The van der Waals surface area contributed by atoms with Crippen molar-refractivity contribution < 1.29 is 4.79 Å². The monoisotopic (exact) mass is 345 g/mol. The van der Waals surface area contributed by atoms with Crippen LogP contribution in [0.2, 0.25) is 0 Å². The molecule has 6 nitrogen and oxygen atoms in total. The van der Waals surface area contributed by atoms with Gasteiger partial charge in [-0.05, 0) is 44.5 Å². The number of nitrogens with one attached hydrogen (secondary N) is 2. The minimum atomic E-state index is -0.0596. The predicted molar refractivity (Wildman–Crippen MR) is 96.4 cm³/mol. The van der Waals surface area contributed by atoms with Crippen molar-refractivity contribution >= 4 is 23.6 Å². The van der Waals surface area contributed by atoms with Gasteiger partial charge in [0.15, 0.2) is 5.82 Å². The second kappa shape index (κ2) is 7.81. The quantitative estimate of drug-likeness (QED) is 0.814. The summed E-state index contributed by atoms with van der Waals surface area (Å²) in [7, 11) is 1.82. The number of aryl methyl sites for hydroxylation is 2. The highest BCUT2D eigenvalue weighted by molar-refractivity contribution is 8.00. The van der Waals surface area contributed by atoms with Crippen molar-refractivity contribution in [3.05, 3.63) is 35.7 Å². The van der Waals surface area contributed by atoms with E-state index in [1.165, 1.54) is 17.3 Å². The van der Waals surface area contributed by atoms with Crippen LogP contribution in [0.3, 0.4) is 0 Å². The van der Waals surface area contributed by atoms with Gasteiger partial charge in [-0.25, -0.2) is 4.68 Å². The third kappa shape index (κ3) is 4.15. The Hall–Kier alpha value is -1.86. The second-order valence-electron chi connectivity index (χ2n) is 6.04. The van der Waals surface area contributed by atoms with Crippen LogP contribution in [0.1, 0.15) is 30.1 Å². The Morgan fingerprint density at radius 1 is 1.38 bits per heavy atom. The van der Waals surface area contributed by atoms with Crippen LogP contribution in [0.4, 0.5) is 5.95 Å². The summed E-state index contributed by atoms with van der Waals surface area (Å²) in [6, 6.07) is 8.07. The van der Waals surface area contributed by atoms with E-state index in [0.29, 0.717) is 17.6 Å². The summed E-state index contributed by atoms with van der Waals surface area (Å²) < 4.78 is 1.66. The third-order valence-corrected chi connectivity index (χ3v) is 5.36. The van der Waals surface area contributed by atoms with E-state index >= 15 is 0 Å². The smallest absolute Gasteiger partial charge is 0.237 e. The van der Waals surface area contributed by atoms with Gasteiger partial charge >= 0.3 is 0 Å². The molecule has 1 amide bonds. The molecule has 0 saturated carbocycles. The number of carbonyl (C=O) groups is 1. The van der Waals surface area contributed by atoms with Crippen LogP contribution < -0.4 is 10.6 Å². The van der Waals surface area contributed by atoms with Crippen LogP contribution in [0.5, 0.6) is 0 Å². The molecule has 3 rings (SSSR count). The molecule has 1 aromatic heterocycles. The maximum atomic E-state index is 12.2. The average Bonchev–Trinajstić information content (AvgIpc) is 2.96. The first-order chi connectivity index (χ1) is 11.6. The maximum Gasteiger partial charge on any atom is 0.237 e. The standard InChI is InChI=1S/C17H23N5OS/c1-12-5-3-4-6-14(12)24-11-15(23)19-17-20-16(21-22(17)2)13-7-9-18-10-8-13/h3-6,13,18H,7-11H2,1-2H3,(H,19,20,21,23). The summed E-state index contributed by atoms with van der Waals surface area (Å²) in [6.45, 7) is 4.05. The Morgan fingerprint density at radius 3 is 2.88 bits per heavy atom. The predicted octanol–water partition coefficient (Wildman–Crippen LogP) is 2.32. The number of anilines is 1. The molecule has 0 aliphatic carbocycles. The lowest BCUT2D eigenvalue weighted by atomic mass is 9.98. The van der Waals surface area contributed by atoms with E-state index in [-0.39, 0.29) is 5.91 Å². The summed E-state index contributed by atoms with van der Waals surface area (Å²) in [5.74, 6) is 2.04. The number of hydrogen-bond acceptors (Lipinski definition) is 5. The maximum absolute atomic E-state index is 12.2. The highest BCUT2D eigenvalue weighted by Gasteiger charge is 2.21. The first-order valence-electron chi connectivity index (χ1n) is 8.23. The van der Waals surface area contributed by atoms with Gasteiger partial charge in [0.05, 0.1) is 5.75 Å². The van der Waals surface area contributed by atoms with Crippen molar-refractivity contribution in [3.8, 4) is 0 Å². The van der Waals surface area contributed by atoms with Gasteiger partial charge in [0.1, 0.15) is 0 Å². The lowest BCUT2D eigenvalue weighted by molar-refractivity contribution is -0.113. The fourth-order valence-corrected chi connectivity index (χ4v) is 3.62. The average molecular weight is 345 g/mol. The van der Waals surface area contributed by atoms with Crippen molar-refractivity contribution in [1.82, 2.24) is 20.1 Å². The Kier molecular flexibility index (Phi) is 5.52. The molecule has 0 atom stereocenters. The minimum Gasteiger partial charge on any atom is -0.317 e. The zero-order chi connectivity index (χ0) is 16.9. The van der Waals surface area contributed by atoms with Crippen LogP contribution in [-0.4, -0.2) is 39.5 Å². The van der Waals surface area contributed by atoms with Crippen molar-refractivity contribution in [2.45, 2.75) is 30.6 Å². The number of piperidine rings is 1. The molecule has 2 N–H and O–H groups in total. The first kappa shape index (κ1) is 17.0. The summed E-state index contributed by atoms with van der Waals surface area (Å²) >= 11 is 1.54. The molecule has 7 heteroatoms. The highest BCUT2D eigenvalue weighted by atomic mass is 32.2. The molecule has 24 heavy (non-hydrogen) atoms. The normalized spacial score (nSPS) is 15.4. The topological polar surface area (TPSA) is 71.8 Å². The Morgan fingerprint density at radius 2 is 2.12 bits per heavy atom. The Bertz CT molecular complexity index is 709. The van der Waals surface area contributed by atoms with Crippen molar-refractivity contribution in [3.63, 3.8) is 0 Å². The zero-order valence-electron chi connectivity index (χ0n) is 14.1. The lowest BCUT2D eigenvalue weighted by Gasteiger charge is -2.19. The Balaban J connectivity index is 1.58. The van der Waals surface area contributed by atoms with Gasteiger partial charge in [-0.1, -0.05) is 18.2 Å². The number of rotatable bonds is 5. The van der Waals surface area contributed by atoms with Crippen LogP contribution >= 0.6 is 11.8 Å². The van der Waals surface area contributed by atoms with E-state index < -0.39 is 0 Å². The van der Waals surface area contributed by atoms with Crippen molar-refractivity contribution in [1.29, 1.82) is 0 Å². The molecule has 1 aromatic carbocycles. The number of hydrogen-bond donors (Lipinski definition) is 2. The lowest BCUT2D eigenvalue weighted by Crippen LogP contribution is -2.27. The van der Waals surface area contributed by atoms with E-state index in [9.17, 15) is 4.79 Å². The summed E-state index contributed by atoms with van der Waals surface area (Å²) in [5, 5.41) is 10.7. The van der Waals surface area contributed by atoms with Crippen LogP contribution in [0.15, 0.2) is 29.2 Å². The molecule has 0 bridgehead atoms. The molecule has 128 valence electrons. The fraction of sp³-hybridized carbons (Fsp3) is 0.471. The number of amides is 1. The van der Waals surface area contributed by atoms with Crippen LogP contribution in [-0.2, 0) is 11.8 Å². The molecule has 2 heterocycles. The minimum absolute atomic E-state index is 0.0596. The molecule has 0 radical (unpaired) electrons. The fourth-order valence-electron chi connectivity index (χ4n) is 2.79. The highest BCUT2D eigenvalue weighted by Crippen LogP contribution is 2.24. The van der Waals surface area contributed by atoms with E-state index in [2.05, 4.69) is 20.7 Å². The third-order valence-electron chi connectivity index (χ3n) is 4.19. The number of benzene rings is 1. The number of carbonyl (C=O) groups excluding carboxylic acids is 1. The van der Waals surface area contributed by atoms with Gasteiger partial charge in [0.25, 0.3) is 0 Å². The van der Waals surface area contributed by atoms with Gasteiger partial charge in [-0.2, -0.15) is 10.1 Å². The van der Waals surface area contributed by atoms with E-state index in [1.54, 1.807) is 4.68 Å². The number of nitrogens with zero attached hydrogens (tertiary/aromatic N) is 3. The molecule has 1 aliphatic heterocycles. The van der Waals surface area contributed by atoms with E-state index in [4.69, 9.17) is 0 Å². The molecule has 1 fully saturated rings. The summed E-state index contributed by atoms with van der Waals surface area (Å²) in [5.41, 5.74) is 1.18. The second-order valence-corrected chi connectivity index (χ2v) is 7.06. The van der Waals surface area contributed by atoms with Gasteiger partial charge < -0.3 is 5.32 Å². The van der Waals surface area contributed by atoms with Gasteiger partial charge in [0, 0.05) is 17.9 Å². The molecular formula is C17H23N5OS. The van der Waals surface area contributed by atoms with Gasteiger partial charge in [0.2, 0.25) is 11.9 Å². The summed E-state index contributed by atoms with van der Waals surface area (Å²) in [4.78, 5) is 17.9. The number of thioether (sulfide) groups is 1. The largest absolute Gasteiger partial charge is 0.317 e. The number of aromatic nitrogens is 3. The van der Waals surface area contributed by atoms with Crippen LogP contribution in [0, 0.1) is 6.92 Å². The van der Waals surface area contributed by atoms with Crippen LogP contribution in [0.25, 0.3) is 0 Å². The molecule has 0 spiro atoms. The molecule has 1 aliphatic rings. The summed E-state index contributed by atoms with van der Waals surface area (Å²) in [6.07, 6.45) is 2.08. The van der Waals surface area contributed by atoms with E-state index in [0.717, 1.165) is 36.7 Å². The molecule has 2 aromatic rings. The van der Waals surface area contributed by atoms with Gasteiger partial charge in [-0.3, -0.25) is 10.1 Å². The van der Waals surface area contributed by atoms with Crippen molar-refractivity contribution in [2.75, 3.05) is 24.2 Å². The van der Waals surface area contributed by atoms with Crippen molar-refractivity contribution in [2.24, 2.45) is 7.05 Å². The molecule has 0 unspecified atom stereocenters. The zero-order valence-corrected chi connectivity index (χ0v) is 14.9. The SMILES string of the molecule is Cc1ccccc1SCC(=O)Nc1nc(C2CCNCC2)nn1C.